The third kappa shape index (κ3) is 3.99. The summed E-state index contributed by atoms with van der Waals surface area (Å²) in [6.45, 7) is 0.386. The van der Waals surface area contributed by atoms with Crippen molar-refractivity contribution in [3.8, 4) is 11.3 Å². The summed E-state index contributed by atoms with van der Waals surface area (Å²) in [5.74, 6) is -0.755. The van der Waals surface area contributed by atoms with E-state index in [4.69, 9.17) is 0 Å². The molecule has 0 aromatic carbocycles. The number of carbonyl (C=O) groups excluding carboxylic acids is 1. The fourth-order valence-electron chi connectivity index (χ4n) is 3.37. The van der Waals surface area contributed by atoms with E-state index in [1.54, 1.807) is 4.68 Å². The van der Waals surface area contributed by atoms with Gasteiger partial charge in [-0.25, -0.2) is 0 Å². The number of hydrogen-bond donors (Lipinski definition) is 1. The van der Waals surface area contributed by atoms with Gasteiger partial charge in [-0.05, 0) is 24.6 Å². The van der Waals surface area contributed by atoms with Crippen molar-refractivity contribution >= 4 is 5.91 Å². The fourth-order valence-corrected chi connectivity index (χ4v) is 3.37. The Labute approximate surface area is 170 Å². The van der Waals surface area contributed by atoms with E-state index in [9.17, 15) is 31.1 Å². The average molecular weight is 444 g/mol. The van der Waals surface area contributed by atoms with Crippen LogP contribution in [0, 0.1) is 0 Å². The van der Waals surface area contributed by atoms with E-state index >= 15 is 0 Å². The van der Waals surface area contributed by atoms with Gasteiger partial charge in [0.25, 0.3) is 5.91 Å². The maximum Gasteiger partial charge on any atom is 0.435 e. The molecule has 164 valence electrons. The first-order chi connectivity index (χ1) is 14.4. The van der Waals surface area contributed by atoms with Crippen LogP contribution in [0.25, 0.3) is 11.3 Å². The summed E-state index contributed by atoms with van der Waals surface area (Å²) >= 11 is 0. The molecule has 0 saturated heterocycles. The number of fused-ring (bicyclic) bond motifs is 1. The van der Waals surface area contributed by atoms with E-state index in [1.807, 2.05) is 0 Å². The first-order valence-electron chi connectivity index (χ1n) is 8.97. The quantitative estimate of drug-likeness (QED) is 0.627. The number of carbonyl (C=O) groups is 1. The number of aromatic nitrogens is 5. The molecule has 0 spiro atoms. The Morgan fingerprint density at radius 1 is 1.06 bits per heavy atom. The zero-order valence-electron chi connectivity index (χ0n) is 15.8. The Balaban J connectivity index is 1.56. The van der Waals surface area contributed by atoms with Crippen molar-refractivity contribution in [1.82, 2.24) is 29.9 Å². The number of aryl methyl sites for hydroxylation is 2. The van der Waals surface area contributed by atoms with Crippen molar-refractivity contribution in [2.75, 3.05) is 0 Å². The normalized spacial score (nSPS) is 16.4. The summed E-state index contributed by atoms with van der Waals surface area (Å²) in [4.78, 5) is 15.8. The third-order valence-electron chi connectivity index (χ3n) is 4.85. The average Bonchev–Trinajstić information content (AvgIpc) is 3.36. The molecule has 0 fully saturated rings. The SMILES string of the molecule is Cn1nc(C(F)(F)F)cc1C(=O)N[C@@H]1CCn2nc(-c3ccnc(C(F)(F)F)c3)cc21. The molecule has 13 heteroatoms. The van der Waals surface area contributed by atoms with Crippen LogP contribution in [0.3, 0.4) is 0 Å². The second kappa shape index (κ2) is 7.10. The molecule has 0 bridgehead atoms. The van der Waals surface area contributed by atoms with Crippen LogP contribution in [0.2, 0.25) is 0 Å². The summed E-state index contributed by atoms with van der Waals surface area (Å²) in [6, 6.07) is 3.89. The Bertz CT molecular complexity index is 1150. The Morgan fingerprint density at radius 3 is 2.42 bits per heavy atom. The molecule has 3 aromatic rings. The smallest absolute Gasteiger partial charge is 0.342 e. The van der Waals surface area contributed by atoms with Gasteiger partial charge in [-0.15, -0.1) is 0 Å². The highest BCUT2D eigenvalue weighted by molar-refractivity contribution is 5.93. The largest absolute Gasteiger partial charge is 0.435 e. The van der Waals surface area contributed by atoms with Gasteiger partial charge < -0.3 is 5.32 Å². The van der Waals surface area contributed by atoms with Crippen LogP contribution in [0.1, 0.15) is 40.0 Å². The molecule has 4 rings (SSSR count). The van der Waals surface area contributed by atoms with Crippen LogP contribution in [0.4, 0.5) is 26.3 Å². The summed E-state index contributed by atoms with van der Waals surface area (Å²) < 4.78 is 79.6. The van der Waals surface area contributed by atoms with E-state index in [0.29, 0.717) is 24.7 Å². The second-order valence-corrected chi connectivity index (χ2v) is 6.96. The molecule has 3 aromatic heterocycles. The van der Waals surface area contributed by atoms with Gasteiger partial charge in [-0.2, -0.15) is 36.5 Å². The van der Waals surface area contributed by atoms with E-state index in [0.717, 1.165) is 16.9 Å². The van der Waals surface area contributed by atoms with Crippen molar-refractivity contribution in [3.63, 3.8) is 0 Å². The molecule has 0 aliphatic carbocycles. The molecular formula is C18H14F6N6O. The Kier molecular flexibility index (Phi) is 4.78. The number of amides is 1. The second-order valence-electron chi connectivity index (χ2n) is 6.96. The van der Waals surface area contributed by atoms with Crippen LogP contribution in [0.5, 0.6) is 0 Å². The minimum atomic E-state index is -4.68. The van der Waals surface area contributed by atoms with Crippen molar-refractivity contribution in [1.29, 1.82) is 0 Å². The summed E-state index contributed by atoms with van der Waals surface area (Å²) in [5, 5.41) is 10.2. The predicted octanol–water partition coefficient (Wildman–Crippen LogP) is 3.59. The van der Waals surface area contributed by atoms with Crippen LogP contribution in [0.15, 0.2) is 30.5 Å². The maximum atomic E-state index is 12.9. The first kappa shape index (κ1) is 20.9. The molecule has 1 atom stereocenters. The molecule has 0 unspecified atom stereocenters. The minimum absolute atomic E-state index is 0.204. The van der Waals surface area contributed by atoms with E-state index in [1.165, 1.54) is 19.2 Å². The van der Waals surface area contributed by atoms with Crippen molar-refractivity contribution < 1.29 is 31.1 Å². The van der Waals surface area contributed by atoms with Gasteiger partial charge in [0.15, 0.2) is 5.69 Å². The Morgan fingerprint density at radius 2 is 1.77 bits per heavy atom. The molecule has 1 aliphatic heterocycles. The maximum absolute atomic E-state index is 12.9. The molecule has 0 radical (unpaired) electrons. The van der Waals surface area contributed by atoms with Crippen molar-refractivity contribution in [3.05, 3.63) is 53.2 Å². The van der Waals surface area contributed by atoms with Gasteiger partial charge in [0.1, 0.15) is 11.4 Å². The molecule has 1 N–H and O–H groups in total. The van der Waals surface area contributed by atoms with Crippen molar-refractivity contribution in [2.24, 2.45) is 7.05 Å². The fraction of sp³-hybridized carbons (Fsp3) is 0.333. The number of halogens is 6. The van der Waals surface area contributed by atoms with Gasteiger partial charge in [0.2, 0.25) is 0 Å². The van der Waals surface area contributed by atoms with E-state index < -0.39 is 35.7 Å². The van der Waals surface area contributed by atoms with E-state index in [2.05, 4.69) is 20.5 Å². The summed E-state index contributed by atoms with van der Waals surface area (Å²) in [6.07, 6.45) is -7.82. The number of alkyl halides is 6. The van der Waals surface area contributed by atoms with Crippen LogP contribution in [-0.4, -0.2) is 30.5 Å². The highest BCUT2D eigenvalue weighted by Crippen LogP contribution is 2.33. The lowest BCUT2D eigenvalue weighted by molar-refractivity contribution is -0.142. The molecular weight excluding hydrogens is 430 g/mol. The Hall–Kier alpha value is -3.38. The zero-order valence-corrected chi connectivity index (χ0v) is 15.8. The molecule has 7 nitrogen and oxygen atoms in total. The minimum Gasteiger partial charge on any atom is -0.342 e. The standard InChI is InChI=1S/C18H14F6N6O/c1-29-13(8-15(28-29)18(22,23)24)16(31)26-10-3-5-30-12(10)7-11(27-30)9-2-4-25-14(6-9)17(19,20)21/h2,4,6-8,10H,3,5H2,1H3,(H,26,31)/t10-/m1/s1. The van der Waals surface area contributed by atoms with Crippen LogP contribution >= 0.6 is 0 Å². The van der Waals surface area contributed by atoms with E-state index in [-0.39, 0.29) is 17.0 Å². The van der Waals surface area contributed by atoms with Gasteiger partial charge in [-0.1, -0.05) is 0 Å². The summed E-state index contributed by atoms with van der Waals surface area (Å²) in [5.41, 5.74) is -1.50. The molecule has 31 heavy (non-hydrogen) atoms. The number of rotatable bonds is 3. The lowest BCUT2D eigenvalue weighted by Crippen LogP contribution is -2.28. The van der Waals surface area contributed by atoms with Crippen LogP contribution < -0.4 is 5.32 Å². The monoisotopic (exact) mass is 444 g/mol. The topological polar surface area (TPSA) is 77.6 Å². The number of hydrogen-bond acceptors (Lipinski definition) is 4. The lowest BCUT2D eigenvalue weighted by atomic mass is 10.1. The van der Waals surface area contributed by atoms with Gasteiger partial charge in [-0.3, -0.25) is 19.1 Å². The molecule has 1 aliphatic rings. The predicted molar refractivity (Wildman–Crippen MR) is 93.5 cm³/mol. The highest BCUT2D eigenvalue weighted by atomic mass is 19.4. The number of pyridine rings is 1. The lowest BCUT2D eigenvalue weighted by Gasteiger charge is -2.11. The van der Waals surface area contributed by atoms with Crippen LogP contribution in [-0.2, 0) is 25.9 Å². The van der Waals surface area contributed by atoms with Crippen molar-refractivity contribution in [2.45, 2.75) is 31.4 Å². The third-order valence-corrected chi connectivity index (χ3v) is 4.85. The first-order valence-corrected chi connectivity index (χ1v) is 8.97. The number of nitrogens with one attached hydrogen (secondary N) is 1. The van der Waals surface area contributed by atoms with Gasteiger partial charge in [0, 0.05) is 31.4 Å². The highest BCUT2D eigenvalue weighted by Gasteiger charge is 2.36. The molecule has 1 amide bonds. The molecule has 4 heterocycles. The number of nitrogens with zero attached hydrogens (tertiary/aromatic N) is 5. The molecule has 0 saturated carbocycles. The zero-order chi connectivity index (χ0) is 22.6. The van der Waals surface area contributed by atoms with Gasteiger partial charge in [0.05, 0.1) is 17.4 Å². The van der Waals surface area contributed by atoms with Gasteiger partial charge >= 0.3 is 12.4 Å². The summed E-state index contributed by atoms with van der Waals surface area (Å²) in [7, 11) is 1.23.